The summed E-state index contributed by atoms with van der Waals surface area (Å²) >= 11 is 0. The summed E-state index contributed by atoms with van der Waals surface area (Å²) in [6.45, 7) is 3.33. The third-order valence-electron chi connectivity index (χ3n) is 1.52. The Morgan fingerprint density at radius 2 is 2.09 bits per heavy atom. The second-order valence-corrected chi connectivity index (χ2v) is 4.91. The molecule has 1 aliphatic heterocycles. The van der Waals surface area contributed by atoms with Crippen molar-refractivity contribution >= 4 is 10.1 Å². The summed E-state index contributed by atoms with van der Waals surface area (Å²) in [5.74, 6) is 0. The van der Waals surface area contributed by atoms with Crippen LogP contribution in [0.3, 0.4) is 0 Å². The Hall–Kier alpha value is -0.130. The van der Waals surface area contributed by atoms with Crippen LogP contribution >= 0.6 is 0 Å². The van der Waals surface area contributed by atoms with E-state index in [1.54, 1.807) is 0 Å². The maximum atomic E-state index is 10.6. The standard InChI is InChI=1S/C6H12O4S/c1-6(3-9-4-6)5-10-11(2,7)8/h3-5H2,1-2H3. The number of rotatable bonds is 3. The van der Waals surface area contributed by atoms with Gasteiger partial charge in [0, 0.05) is 5.41 Å². The lowest BCUT2D eigenvalue weighted by Gasteiger charge is -2.36. The fourth-order valence-corrected chi connectivity index (χ4v) is 1.28. The van der Waals surface area contributed by atoms with E-state index in [1.165, 1.54) is 0 Å². The highest BCUT2D eigenvalue weighted by molar-refractivity contribution is 7.85. The first-order chi connectivity index (χ1) is 4.91. The smallest absolute Gasteiger partial charge is 0.264 e. The van der Waals surface area contributed by atoms with Crippen LogP contribution in [0.15, 0.2) is 0 Å². The van der Waals surface area contributed by atoms with E-state index in [0.717, 1.165) is 6.26 Å². The Balaban J connectivity index is 2.33. The fraction of sp³-hybridized carbons (Fsp3) is 1.00. The Labute approximate surface area is 66.6 Å². The van der Waals surface area contributed by atoms with Crippen molar-refractivity contribution in [2.24, 2.45) is 5.41 Å². The molecule has 0 unspecified atom stereocenters. The van der Waals surface area contributed by atoms with Gasteiger partial charge in [-0.25, -0.2) is 0 Å². The van der Waals surface area contributed by atoms with Crippen molar-refractivity contribution in [2.45, 2.75) is 6.92 Å². The molecule has 1 rings (SSSR count). The molecule has 1 saturated heterocycles. The minimum Gasteiger partial charge on any atom is -0.380 e. The minimum absolute atomic E-state index is 0.0942. The predicted octanol–water partition coefficient (Wildman–Crippen LogP) is -0.000900. The van der Waals surface area contributed by atoms with E-state index in [9.17, 15) is 8.42 Å². The van der Waals surface area contributed by atoms with Crippen LogP contribution in [-0.4, -0.2) is 34.5 Å². The maximum absolute atomic E-state index is 10.6. The van der Waals surface area contributed by atoms with Crippen molar-refractivity contribution in [1.82, 2.24) is 0 Å². The third kappa shape index (κ3) is 2.76. The molecule has 11 heavy (non-hydrogen) atoms. The average molecular weight is 180 g/mol. The van der Waals surface area contributed by atoms with Gasteiger partial charge >= 0.3 is 0 Å². The highest BCUT2D eigenvalue weighted by atomic mass is 32.2. The van der Waals surface area contributed by atoms with Crippen LogP contribution in [0.5, 0.6) is 0 Å². The SMILES string of the molecule is CC1(COS(C)(=O)=O)COC1. The van der Waals surface area contributed by atoms with E-state index in [0.29, 0.717) is 13.2 Å². The molecule has 0 N–H and O–H groups in total. The monoisotopic (exact) mass is 180 g/mol. The lowest BCUT2D eigenvalue weighted by Crippen LogP contribution is -2.43. The largest absolute Gasteiger partial charge is 0.380 e. The van der Waals surface area contributed by atoms with Crippen molar-refractivity contribution in [2.75, 3.05) is 26.1 Å². The quantitative estimate of drug-likeness (QED) is 0.574. The van der Waals surface area contributed by atoms with E-state index < -0.39 is 10.1 Å². The zero-order valence-corrected chi connectivity index (χ0v) is 7.48. The van der Waals surface area contributed by atoms with Crippen LogP contribution in [0.1, 0.15) is 6.92 Å². The van der Waals surface area contributed by atoms with E-state index in [2.05, 4.69) is 4.18 Å². The molecule has 5 heteroatoms. The normalized spacial score (nSPS) is 22.7. The van der Waals surface area contributed by atoms with E-state index in [1.807, 2.05) is 6.92 Å². The zero-order valence-electron chi connectivity index (χ0n) is 6.66. The molecule has 0 radical (unpaired) electrons. The Morgan fingerprint density at radius 1 is 1.55 bits per heavy atom. The van der Waals surface area contributed by atoms with Crippen LogP contribution in [0.2, 0.25) is 0 Å². The molecule has 1 aliphatic rings. The highest BCUT2D eigenvalue weighted by Crippen LogP contribution is 2.26. The van der Waals surface area contributed by atoms with Crippen LogP contribution in [0.4, 0.5) is 0 Å². The highest BCUT2D eigenvalue weighted by Gasteiger charge is 2.34. The molecule has 0 aromatic rings. The summed E-state index contributed by atoms with van der Waals surface area (Å²) in [7, 11) is -3.29. The molecule has 0 saturated carbocycles. The van der Waals surface area contributed by atoms with Crippen LogP contribution < -0.4 is 0 Å². The summed E-state index contributed by atoms with van der Waals surface area (Å²) in [4.78, 5) is 0. The molecule has 0 aromatic heterocycles. The van der Waals surface area contributed by atoms with Gasteiger partial charge in [-0.2, -0.15) is 8.42 Å². The van der Waals surface area contributed by atoms with Gasteiger partial charge < -0.3 is 4.74 Å². The van der Waals surface area contributed by atoms with Gasteiger partial charge in [-0.1, -0.05) is 6.92 Å². The Morgan fingerprint density at radius 3 is 2.36 bits per heavy atom. The van der Waals surface area contributed by atoms with Gasteiger partial charge in [-0.15, -0.1) is 0 Å². The van der Waals surface area contributed by atoms with Crippen molar-refractivity contribution < 1.29 is 17.3 Å². The first kappa shape index (κ1) is 8.96. The van der Waals surface area contributed by atoms with Crippen molar-refractivity contribution in [1.29, 1.82) is 0 Å². The first-order valence-corrected chi connectivity index (χ1v) is 5.15. The average Bonchev–Trinajstić information content (AvgIpc) is 1.77. The molecule has 0 spiro atoms. The summed E-state index contributed by atoms with van der Waals surface area (Å²) in [6, 6.07) is 0. The van der Waals surface area contributed by atoms with Gasteiger partial charge in [0.15, 0.2) is 0 Å². The number of hydrogen-bond donors (Lipinski definition) is 0. The topological polar surface area (TPSA) is 52.6 Å². The molecule has 0 bridgehead atoms. The van der Waals surface area contributed by atoms with Gasteiger partial charge in [-0.3, -0.25) is 4.18 Å². The van der Waals surface area contributed by atoms with E-state index in [4.69, 9.17) is 4.74 Å². The summed E-state index contributed by atoms with van der Waals surface area (Å²) in [5, 5.41) is 0. The summed E-state index contributed by atoms with van der Waals surface area (Å²) in [6.07, 6.45) is 1.05. The predicted molar refractivity (Wildman–Crippen MR) is 39.7 cm³/mol. The molecular formula is C6H12O4S. The fourth-order valence-electron chi connectivity index (χ4n) is 0.783. The molecule has 0 amide bonds. The molecule has 0 atom stereocenters. The zero-order chi connectivity index (χ0) is 8.54. The van der Waals surface area contributed by atoms with E-state index in [-0.39, 0.29) is 12.0 Å². The van der Waals surface area contributed by atoms with Crippen LogP contribution in [0.25, 0.3) is 0 Å². The van der Waals surface area contributed by atoms with Gasteiger partial charge in [0.1, 0.15) is 0 Å². The minimum atomic E-state index is -3.29. The van der Waals surface area contributed by atoms with Gasteiger partial charge in [0.2, 0.25) is 0 Å². The van der Waals surface area contributed by atoms with Crippen molar-refractivity contribution in [3.8, 4) is 0 Å². The van der Waals surface area contributed by atoms with Gasteiger partial charge in [0.25, 0.3) is 10.1 Å². The second-order valence-electron chi connectivity index (χ2n) is 3.27. The molecule has 0 aliphatic carbocycles. The molecule has 1 fully saturated rings. The summed E-state index contributed by atoms with van der Waals surface area (Å²) < 4.78 is 30.7. The molecule has 4 nitrogen and oxygen atoms in total. The van der Waals surface area contributed by atoms with Crippen LogP contribution in [-0.2, 0) is 19.0 Å². The maximum Gasteiger partial charge on any atom is 0.264 e. The van der Waals surface area contributed by atoms with Crippen LogP contribution in [0, 0.1) is 5.41 Å². The Bertz CT molecular complexity index is 227. The lowest BCUT2D eigenvalue weighted by atomic mass is 9.90. The first-order valence-electron chi connectivity index (χ1n) is 3.33. The molecule has 66 valence electrons. The summed E-state index contributed by atoms with van der Waals surface area (Å²) in [5.41, 5.74) is -0.0942. The van der Waals surface area contributed by atoms with Crippen molar-refractivity contribution in [3.63, 3.8) is 0 Å². The van der Waals surface area contributed by atoms with E-state index >= 15 is 0 Å². The van der Waals surface area contributed by atoms with Gasteiger partial charge in [-0.05, 0) is 0 Å². The number of ether oxygens (including phenoxy) is 1. The Kier molecular flexibility index (Phi) is 2.22. The van der Waals surface area contributed by atoms with Crippen molar-refractivity contribution in [3.05, 3.63) is 0 Å². The third-order valence-corrected chi connectivity index (χ3v) is 2.07. The number of hydrogen-bond acceptors (Lipinski definition) is 4. The molecule has 0 aromatic carbocycles. The lowest BCUT2D eigenvalue weighted by molar-refractivity contribution is -0.119. The second kappa shape index (κ2) is 2.73. The molecular weight excluding hydrogens is 168 g/mol. The molecule has 1 heterocycles. The van der Waals surface area contributed by atoms with Gasteiger partial charge in [0.05, 0.1) is 26.1 Å².